The summed E-state index contributed by atoms with van der Waals surface area (Å²) in [6.45, 7) is -0.413. The van der Waals surface area contributed by atoms with E-state index in [-0.39, 0.29) is 18.2 Å². The zero-order valence-electron chi connectivity index (χ0n) is 10.6. The molecule has 0 radical (unpaired) electrons. The van der Waals surface area contributed by atoms with E-state index in [0.29, 0.717) is 13.0 Å². The first-order valence-electron chi connectivity index (χ1n) is 5.99. The largest absolute Gasteiger partial charge is 0.481 e. The minimum absolute atomic E-state index is 0.0602. The average molecular weight is 273 g/mol. The average Bonchev–Trinajstić information content (AvgIpc) is 2.33. The Morgan fingerprint density at radius 3 is 2.84 bits per heavy atom. The van der Waals surface area contributed by atoms with Crippen LogP contribution in [0.4, 0.5) is 8.78 Å². The van der Waals surface area contributed by atoms with Gasteiger partial charge in [-0.25, -0.2) is 0 Å². The van der Waals surface area contributed by atoms with Crippen LogP contribution in [-0.2, 0) is 4.79 Å². The lowest BCUT2D eigenvalue weighted by molar-refractivity contribution is -0.137. The fourth-order valence-electron chi connectivity index (χ4n) is 1.64. The molecule has 6 heteroatoms. The van der Waals surface area contributed by atoms with Gasteiger partial charge in [-0.15, -0.1) is 0 Å². The number of nitrogens with one attached hydrogen (secondary N) is 1. The van der Waals surface area contributed by atoms with Crippen LogP contribution in [0.2, 0.25) is 0 Å². The van der Waals surface area contributed by atoms with E-state index < -0.39 is 12.6 Å². The molecule has 4 nitrogen and oxygen atoms in total. The van der Waals surface area contributed by atoms with Gasteiger partial charge in [-0.05, 0) is 37.6 Å². The van der Waals surface area contributed by atoms with Crippen LogP contribution in [0.5, 0.6) is 5.75 Å². The SMILES string of the molecule is CC(NCCCC(=O)O)c1cccc(OC(F)F)c1. The molecule has 1 aromatic carbocycles. The predicted molar refractivity (Wildman–Crippen MR) is 66.4 cm³/mol. The second-order valence-corrected chi connectivity index (χ2v) is 4.12. The normalized spacial score (nSPS) is 12.4. The summed E-state index contributed by atoms with van der Waals surface area (Å²) in [7, 11) is 0. The molecule has 0 saturated heterocycles. The van der Waals surface area contributed by atoms with Crippen molar-refractivity contribution in [2.75, 3.05) is 6.54 Å². The van der Waals surface area contributed by atoms with Crippen molar-refractivity contribution in [3.05, 3.63) is 29.8 Å². The maximum atomic E-state index is 12.1. The predicted octanol–water partition coefficient (Wildman–Crippen LogP) is 2.80. The minimum atomic E-state index is -2.84. The molecule has 106 valence electrons. The zero-order chi connectivity index (χ0) is 14.3. The van der Waals surface area contributed by atoms with Crippen molar-refractivity contribution in [1.82, 2.24) is 5.32 Å². The number of carboxylic acids is 1. The number of hydrogen-bond donors (Lipinski definition) is 2. The van der Waals surface area contributed by atoms with Crippen LogP contribution in [0.15, 0.2) is 24.3 Å². The highest BCUT2D eigenvalue weighted by atomic mass is 19.3. The molecule has 0 saturated carbocycles. The van der Waals surface area contributed by atoms with E-state index >= 15 is 0 Å². The minimum Gasteiger partial charge on any atom is -0.481 e. The van der Waals surface area contributed by atoms with Crippen molar-refractivity contribution < 1.29 is 23.4 Å². The monoisotopic (exact) mass is 273 g/mol. The van der Waals surface area contributed by atoms with Gasteiger partial charge >= 0.3 is 12.6 Å². The fourth-order valence-corrected chi connectivity index (χ4v) is 1.64. The third-order valence-electron chi connectivity index (χ3n) is 2.60. The first-order valence-corrected chi connectivity index (χ1v) is 5.99. The Labute approximate surface area is 110 Å². The highest BCUT2D eigenvalue weighted by Gasteiger charge is 2.08. The third kappa shape index (κ3) is 6.15. The summed E-state index contributed by atoms with van der Waals surface area (Å²) >= 11 is 0. The molecule has 0 fully saturated rings. The van der Waals surface area contributed by atoms with Gasteiger partial charge in [0, 0.05) is 12.5 Å². The number of carbonyl (C=O) groups is 1. The molecule has 0 bridgehead atoms. The summed E-state index contributed by atoms with van der Waals surface area (Å²) < 4.78 is 28.5. The molecule has 2 N–H and O–H groups in total. The van der Waals surface area contributed by atoms with Crippen LogP contribution in [0.1, 0.15) is 31.4 Å². The van der Waals surface area contributed by atoms with Crippen molar-refractivity contribution in [3.63, 3.8) is 0 Å². The van der Waals surface area contributed by atoms with E-state index in [1.807, 2.05) is 6.92 Å². The van der Waals surface area contributed by atoms with Crippen LogP contribution in [0.25, 0.3) is 0 Å². The number of benzene rings is 1. The molecule has 1 unspecified atom stereocenters. The summed E-state index contributed by atoms with van der Waals surface area (Å²) in [5.41, 5.74) is 0.813. The highest BCUT2D eigenvalue weighted by Crippen LogP contribution is 2.20. The Kier molecular flexibility index (Phi) is 6.21. The molecular weight excluding hydrogens is 256 g/mol. The number of aliphatic carboxylic acids is 1. The summed E-state index contributed by atoms with van der Waals surface area (Å²) in [6, 6.07) is 6.39. The fraction of sp³-hybridized carbons (Fsp3) is 0.462. The Hall–Kier alpha value is -1.69. The molecular formula is C13H17F2NO3. The van der Waals surface area contributed by atoms with Gasteiger partial charge in [0.25, 0.3) is 0 Å². The van der Waals surface area contributed by atoms with Crippen LogP contribution < -0.4 is 10.1 Å². The standard InChI is InChI=1S/C13H17F2NO3/c1-9(16-7-3-6-12(17)18)10-4-2-5-11(8-10)19-13(14)15/h2,4-5,8-9,13,16H,3,6-7H2,1H3,(H,17,18). The smallest absolute Gasteiger partial charge is 0.387 e. The number of alkyl halides is 2. The second kappa shape index (κ2) is 7.68. The van der Waals surface area contributed by atoms with E-state index in [9.17, 15) is 13.6 Å². The molecule has 0 heterocycles. The Morgan fingerprint density at radius 1 is 1.47 bits per heavy atom. The van der Waals surface area contributed by atoms with Crippen molar-refractivity contribution in [3.8, 4) is 5.75 Å². The molecule has 0 aliphatic carbocycles. The van der Waals surface area contributed by atoms with Crippen molar-refractivity contribution >= 4 is 5.97 Å². The third-order valence-corrected chi connectivity index (χ3v) is 2.60. The van der Waals surface area contributed by atoms with E-state index in [2.05, 4.69) is 10.1 Å². The van der Waals surface area contributed by atoms with E-state index in [1.54, 1.807) is 18.2 Å². The zero-order valence-corrected chi connectivity index (χ0v) is 10.6. The Balaban J connectivity index is 2.47. The lowest BCUT2D eigenvalue weighted by Crippen LogP contribution is -2.20. The second-order valence-electron chi connectivity index (χ2n) is 4.12. The maximum absolute atomic E-state index is 12.1. The van der Waals surface area contributed by atoms with Gasteiger partial charge < -0.3 is 15.2 Å². The van der Waals surface area contributed by atoms with E-state index in [0.717, 1.165) is 5.56 Å². The Bertz CT molecular complexity index is 413. The van der Waals surface area contributed by atoms with Gasteiger partial charge in [0.1, 0.15) is 5.75 Å². The van der Waals surface area contributed by atoms with Crippen LogP contribution in [0.3, 0.4) is 0 Å². The first-order chi connectivity index (χ1) is 8.99. The van der Waals surface area contributed by atoms with Gasteiger partial charge in [-0.3, -0.25) is 4.79 Å². The molecule has 1 aromatic rings. The summed E-state index contributed by atoms with van der Waals surface area (Å²) in [4.78, 5) is 10.3. The molecule has 1 atom stereocenters. The number of ether oxygens (including phenoxy) is 1. The van der Waals surface area contributed by atoms with Gasteiger partial charge in [-0.2, -0.15) is 8.78 Å². The van der Waals surface area contributed by atoms with Crippen LogP contribution in [-0.4, -0.2) is 24.2 Å². The molecule has 19 heavy (non-hydrogen) atoms. The Morgan fingerprint density at radius 2 is 2.21 bits per heavy atom. The van der Waals surface area contributed by atoms with E-state index in [4.69, 9.17) is 5.11 Å². The summed E-state index contributed by atoms with van der Waals surface area (Å²) in [5.74, 6) is -0.714. The van der Waals surface area contributed by atoms with Crippen LogP contribution >= 0.6 is 0 Å². The molecule has 0 aliphatic rings. The molecule has 1 rings (SSSR count). The maximum Gasteiger partial charge on any atom is 0.387 e. The van der Waals surface area contributed by atoms with Crippen molar-refractivity contribution in [2.45, 2.75) is 32.4 Å². The lowest BCUT2D eigenvalue weighted by Gasteiger charge is -2.15. The van der Waals surface area contributed by atoms with E-state index in [1.165, 1.54) is 6.07 Å². The van der Waals surface area contributed by atoms with Gasteiger partial charge in [0.15, 0.2) is 0 Å². The molecule has 0 amide bonds. The highest BCUT2D eigenvalue weighted by molar-refractivity contribution is 5.66. The van der Waals surface area contributed by atoms with Crippen LogP contribution in [0, 0.1) is 0 Å². The van der Waals surface area contributed by atoms with Crippen molar-refractivity contribution in [2.24, 2.45) is 0 Å². The number of rotatable bonds is 8. The molecule has 0 aliphatic heterocycles. The van der Waals surface area contributed by atoms with Gasteiger partial charge in [-0.1, -0.05) is 12.1 Å². The summed E-state index contributed by atoms with van der Waals surface area (Å²) in [6.07, 6.45) is 0.626. The lowest BCUT2D eigenvalue weighted by atomic mass is 10.1. The number of halogens is 2. The van der Waals surface area contributed by atoms with Gasteiger partial charge in [0.2, 0.25) is 0 Å². The van der Waals surface area contributed by atoms with Gasteiger partial charge in [0.05, 0.1) is 0 Å². The quantitative estimate of drug-likeness (QED) is 0.715. The topological polar surface area (TPSA) is 58.6 Å². The summed E-state index contributed by atoms with van der Waals surface area (Å²) in [5, 5.41) is 11.6. The molecule has 0 aromatic heterocycles. The first kappa shape index (κ1) is 15.4. The number of hydrogen-bond acceptors (Lipinski definition) is 3. The molecule has 0 spiro atoms. The van der Waals surface area contributed by atoms with Crippen molar-refractivity contribution in [1.29, 1.82) is 0 Å². The number of carboxylic acid groups (broad SMARTS) is 1.